The van der Waals surface area contributed by atoms with E-state index in [0.29, 0.717) is 10.9 Å². The monoisotopic (exact) mass is 341 g/mol. The summed E-state index contributed by atoms with van der Waals surface area (Å²) in [6, 6.07) is 3.72. The molecule has 0 heterocycles. The zero-order chi connectivity index (χ0) is 14.5. The van der Waals surface area contributed by atoms with Crippen molar-refractivity contribution in [1.29, 1.82) is 0 Å². The van der Waals surface area contributed by atoms with Crippen LogP contribution >= 0.6 is 15.9 Å². The highest BCUT2D eigenvalue weighted by Crippen LogP contribution is 2.36. The van der Waals surface area contributed by atoms with Gasteiger partial charge in [0.15, 0.2) is 0 Å². The molecular weight excluding hydrogens is 327 g/mol. The van der Waals surface area contributed by atoms with Crippen LogP contribution in [0.3, 0.4) is 0 Å². The summed E-state index contributed by atoms with van der Waals surface area (Å²) in [5.41, 5.74) is -0.733. The van der Waals surface area contributed by atoms with E-state index in [1.54, 1.807) is 0 Å². The molecule has 0 fully saturated rings. The van der Waals surface area contributed by atoms with Gasteiger partial charge < -0.3 is 15.2 Å². The molecule has 0 aliphatic heterocycles. The fourth-order valence-electron chi connectivity index (χ4n) is 1.56. The first-order chi connectivity index (χ1) is 8.84. The smallest absolute Gasteiger partial charge is 0.391 e. The van der Waals surface area contributed by atoms with Crippen LogP contribution < -0.4 is 5.32 Å². The van der Waals surface area contributed by atoms with Gasteiger partial charge in [-0.1, -0.05) is 15.9 Å². The van der Waals surface area contributed by atoms with E-state index in [9.17, 15) is 18.3 Å². The zero-order valence-corrected chi connectivity index (χ0v) is 11.9. The second-order valence-electron chi connectivity index (χ2n) is 4.01. The third-order valence-corrected chi connectivity index (χ3v) is 2.93. The van der Waals surface area contributed by atoms with Crippen LogP contribution in [0.4, 0.5) is 18.9 Å². The van der Waals surface area contributed by atoms with E-state index in [1.165, 1.54) is 19.2 Å². The molecule has 1 aromatic rings. The Labute approximate surface area is 117 Å². The molecule has 19 heavy (non-hydrogen) atoms. The minimum Gasteiger partial charge on any atom is -0.391 e. The number of methoxy groups -OCH3 is 1. The van der Waals surface area contributed by atoms with Gasteiger partial charge in [0.1, 0.15) is 0 Å². The summed E-state index contributed by atoms with van der Waals surface area (Å²) >= 11 is 3.13. The van der Waals surface area contributed by atoms with Gasteiger partial charge in [-0.2, -0.15) is 13.2 Å². The van der Waals surface area contributed by atoms with Crippen molar-refractivity contribution in [2.75, 3.05) is 25.6 Å². The van der Waals surface area contributed by atoms with Crippen LogP contribution in [-0.2, 0) is 10.9 Å². The standard InChI is InChI=1S/C12H15BrF3NO2/c1-19-7-9(18)4-5-17-11-6-8(13)2-3-10(11)12(14,15)16/h2-3,6,9,17-18H,4-5,7H2,1H3. The average molecular weight is 342 g/mol. The van der Waals surface area contributed by atoms with Crippen LogP contribution in [0.2, 0.25) is 0 Å². The lowest BCUT2D eigenvalue weighted by atomic mass is 10.1. The molecule has 0 saturated heterocycles. The van der Waals surface area contributed by atoms with Gasteiger partial charge in [-0.25, -0.2) is 0 Å². The third kappa shape index (κ3) is 5.38. The second-order valence-corrected chi connectivity index (χ2v) is 4.93. The van der Waals surface area contributed by atoms with Crippen molar-refractivity contribution in [2.45, 2.75) is 18.7 Å². The van der Waals surface area contributed by atoms with Gasteiger partial charge in [0.2, 0.25) is 0 Å². The zero-order valence-electron chi connectivity index (χ0n) is 10.3. The molecular formula is C12H15BrF3NO2. The molecule has 0 amide bonds. The highest BCUT2D eigenvalue weighted by atomic mass is 79.9. The van der Waals surface area contributed by atoms with E-state index in [4.69, 9.17) is 4.74 Å². The summed E-state index contributed by atoms with van der Waals surface area (Å²) in [5.74, 6) is 0. The number of nitrogens with one attached hydrogen (secondary N) is 1. The number of aliphatic hydroxyl groups is 1. The maximum absolute atomic E-state index is 12.8. The average Bonchev–Trinajstić information content (AvgIpc) is 2.27. The SMILES string of the molecule is COCC(O)CCNc1cc(Br)ccc1C(F)(F)F. The quantitative estimate of drug-likeness (QED) is 0.834. The van der Waals surface area contributed by atoms with E-state index >= 15 is 0 Å². The molecule has 3 nitrogen and oxygen atoms in total. The van der Waals surface area contributed by atoms with E-state index in [2.05, 4.69) is 21.2 Å². The highest BCUT2D eigenvalue weighted by molar-refractivity contribution is 9.10. The lowest BCUT2D eigenvalue weighted by molar-refractivity contribution is -0.137. The highest BCUT2D eigenvalue weighted by Gasteiger charge is 2.33. The van der Waals surface area contributed by atoms with Crippen LogP contribution in [-0.4, -0.2) is 31.5 Å². The van der Waals surface area contributed by atoms with Gasteiger partial charge in [-0.05, 0) is 24.6 Å². The fraction of sp³-hybridized carbons (Fsp3) is 0.500. The Morgan fingerprint density at radius 2 is 2.11 bits per heavy atom. The number of rotatable bonds is 6. The number of halogens is 4. The molecule has 0 radical (unpaired) electrons. The van der Waals surface area contributed by atoms with Gasteiger partial charge in [0.25, 0.3) is 0 Å². The molecule has 0 aliphatic rings. The Kier molecular flexibility index (Phi) is 6.09. The van der Waals surface area contributed by atoms with Gasteiger partial charge in [0, 0.05) is 23.8 Å². The summed E-state index contributed by atoms with van der Waals surface area (Å²) in [4.78, 5) is 0. The predicted molar refractivity (Wildman–Crippen MR) is 70.1 cm³/mol. The summed E-state index contributed by atoms with van der Waals surface area (Å²) in [6.45, 7) is 0.385. The van der Waals surface area contributed by atoms with Crippen LogP contribution in [0.15, 0.2) is 22.7 Å². The lowest BCUT2D eigenvalue weighted by Gasteiger charge is -2.16. The van der Waals surface area contributed by atoms with E-state index < -0.39 is 17.8 Å². The maximum Gasteiger partial charge on any atom is 0.418 e. The Morgan fingerprint density at radius 1 is 1.42 bits per heavy atom. The molecule has 0 aromatic heterocycles. The Hall–Kier alpha value is -0.790. The molecule has 0 bridgehead atoms. The molecule has 1 rings (SSSR count). The summed E-state index contributed by atoms with van der Waals surface area (Å²) < 4.78 is 43.6. The molecule has 1 unspecified atom stereocenters. The van der Waals surface area contributed by atoms with Crippen LogP contribution in [0, 0.1) is 0 Å². The van der Waals surface area contributed by atoms with Crippen molar-refractivity contribution in [1.82, 2.24) is 0 Å². The number of hydrogen-bond acceptors (Lipinski definition) is 3. The van der Waals surface area contributed by atoms with Crippen LogP contribution in [0.5, 0.6) is 0 Å². The van der Waals surface area contributed by atoms with Crippen molar-refractivity contribution in [3.63, 3.8) is 0 Å². The van der Waals surface area contributed by atoms with Gasteiger partial charge in [-0.15, -0.1) is 0 Å². The lowest BCUT2D eigenvalue weighted by Crippen LogP contribution is -2.19. The van der Waals surface area contributed by atoms with Crippen LogP contribution in [0.25, 0.3) is 0 Å². The Morgan fingerprint density at radius 3 is 2.68 bits per heavy atom. The van der Waals surface area contributed by atoms with Gasteiger partial charge in [-0.3, -0.25) is 0 Å². The number of alkyl halides is 3. The number of hydrogen-bond donors (Lipinski definition) is 2. The molecule has 0 aliphatic carbocycles. The second kappa shape index (κ2) is 7.12. The number of benzene rings is 1. The van der Waals surface area contributed by atoms with Gasteiger partial charge in [0.05, 0.1) is 18.3 Å². The van der Waals surface area contributed by atoms with E-state index in [-0.39, 0.29) is 18.8 Å². The summed E-state index contributed by atoms with van der Waals surface area (Å²) in [7, 11) is 1.45. The molecule has 1 atom stereocenters. The van der Waals surface area contributed by atoms with Gasteiger partial charge >= 0.3 is 6.18 Å². The largest absolute Gasteiger partial charge is 0.418 e. The van der Waals surface area contributed by atoms with Crippen molar-refractivity contribution >= 4 is 21.6 Å². The minimum absolute atomic E-state index is 0.00788. The molecule has 2 N–H and O–H groups in total. The summed E-state index contributed by atoms with van der Waals surface area (Å²) in [5, 5.41) is 12.1. The first kappa shape index (κ1) is 16.3. The Balaban J connectivity index is 2.69. The minimum atomic E-state index is -4.41. The van der Waals surface area contributed by atoms with Crippen molar-refractivity contribution in [2.24, 2.45) is 0 Å². The van der Waals surface area contributed by atoms with Crippen LogP contribution in [0.1, 0.15) is 12.0 Å². The Bertz CT molecular complexity index is 412. The first-order valence-electron chi connectivity index (χ1n) is 5.62. The van der Waals surface area contributed by atoms with Crippen molar-refractivity contribution < 1.29 is 23.0 Å². The molecule has 0 spiro atoms. The molecule has 108 valence electrons. The predicted octanol–water partition coefficient (Wildman–Crippen LogP) is 3.28. The summed E-state index contributed by atoms with van der Waals surface area (Å²) in [6.07, 6.45) is -4.80. The molecule has 0 saturated carbocycles. The normalized spacial score (nSPS) is 13.4. The van der Waals surface area contributed by atoms with Crippen molar-refractivity contribution in [3.8, 4) is 0 Å². The number of ether oxygens (including phenoxy) is 1. The fourth-order valence-corrected chi connectivity index (χ4v) is 1.92. The number of anilines is 1. The third-order valence-electron chi connectivity index (χ3n) is 2.44. The van der Waals surface area contributed by atoms with E-state index in [0.717, 1.165) is 6.07 Å². The molecule has 7 heteroatoms. The van der Waals surface area contributed by atoms with E-state index in [1.807, 2.05) is 0 Å². The number of aliphatic hydroxyl groups excluding tert-OH is 1. The first-order valence-corrected chi connectivity index (χ1v) is 6.41. The van der Waals surface area contributed by atoms with Crippen molar-refractivity contribution in [3.05, 3.63) is 28.2 Å². The maximum atomic E-state index is 12.8. The topological polar surface area (TPSA) is 41.5 Å². The molecule has 1 aromatic carbocycles.